The molecule has 0 amide bonds. The summed E-state index contributed by atoms with van der Waals surface area (Å²) in [4.78, 5) is 10.6. The maximum atomic E-state index is 10.6. The van der Waals surface area contributed by atoms with Crippen molar-refractivity contribution in [3.05, 3.63) is 12.2 Å². The van der Waals surface area contributed by atoms with Crippen LogP contribution in [0.15, 0.2) is 12.2 Å². The third-order valence-electron chi connectivity index (χ3n) is 2.72. The molecule has 1 saturated carbocycles. The second kappa shape index (κ2) is 2.08. The predicted octanol–water partition coefficient (Wildman–Crippen LogP) is 0.254. The van der Waals surface area contributed by atoms with Crippen LogP contribution in [0.1, 0.15) is 6.42 Å². The van der Waals surface area contributed by atoms with E-state index in [1.54, 1.807) is 0 Å². The summed E-state index contributed by atoms with van der Waals surface area (Å²) >= 11 is 0. The van der Waals surface area contributed by atoms with Crippen LogP contribution in [0.4, 0.5) is 0 Å². The van der Waals surface area contributed by atoms with E-state index in [0.717, 1.165) is 0 Å². The number of aliphatic hydroxyl groups is 1. The largest absolute Gasteiger partial charge is 0.481 e. The molecule has 0 radical (unpaired) electrons. The number of carboxylic acids is 1. The Morgan fingerprint density at radius 3 is 2.45 bits per heavy atom. The lowest BCUT2D eigenvalue weighted by Crippen LogP contribution is -2.21. The fraction of sp³-hybridized carbons (Fsp3) is 0.625. The molecular weight excluding hydrogens is 144 g/mol. The number of fused-ring (bicyclic) bond motifs is 2. The van der Waals surface area contributed by atoms with E-state index in [2.05, 4.69) is 0 Å². The molecule has 2 bridgehead atoms. The number of aliphatic carboxylic acids is 1. The minimum absolute atomic E-state index is 0.0982. The lowest BCUT2D eigenvalue weighted by atomic mass is 9.94. The van der Waals surface area contributed by atoms with Crippen molar-refractivity contribution in [2.24, 2.45) is 17.8 Å². The van der Waals surface area contributed by atoms with Gasteiger partial charge in [0.25, 0.3) is 0 Å². The third-order valence-corrected chi connectivity index (χ3v) is 2.72. The molecule has 0 aliphatic heterocycles. The molecule has 2 aliphatic carbocycles. The van der Waals surface area contributed by atoms with Crippen LogP contribution in [0.5, 0.6) is 0 Å². The predicted molar refractivity (Wildman–Crippen MR) is 37.9 cm³/mol. The molecule has 0 aromatic carbocycles. The quantitative estimate of drug-likeness (QED) is 0.532. The Balaban J connectivity index is 2.21. The standard InChI is InChI=1S/C8H10O3/c9-7-4-1-2-5(7)6(3-4)8(10)11/h1-2,4-7,9H,3H2,(H,10,11). The van der Waals surface area contributed by atoms with Gasteiger partial charge in [-0.25, -0.2) is 0 Å². The highest BCUT2D eigenvalue weighted by Gasteiger charge is 2.46. The van der Waals surface area contributed by atoms with Gasteiger partial charge in [-0.1, -0.05) is 12.2 Å². The van der Waals surface area contributed by atoms with Gasteiger partial charge >= 0.3 is 5.97 Å². The van der Waals surface area contributed by atoms with Crippen molar-refractivity contribution < 1.29 is 15.0 Å². The molecule has 4 unspecified atom stereocenters. The Morgan fingerprint density at radius 2 is 2.18 bits per heavy atom. The third kappa shape index (κ3) is 0.807. The molecule has 0 saturated heterocycles. The van der Waals surface area contributed by atoms with E-state index in [9.17, 15) is 9.90 Å². The monoisotopic (exact) mass is 154 g/mol. The first-order valence-electron chi connectivity index (χ1n) is 3.79. The smallest absolute Gasteiger partial charge is 0.307 e. The number of aliphatic hydroxyl groups excluding tert-OH is 1. The molecule has 0 aromatic rings. The van der Waals surface area contributed by atoms with E-state index in [1.165, 1.54) is 0 Å². The van der Waals surface area contributed by atoms with E-state index in [1.807, 2.05) is 12.2 Å². The van der Waals surface area contributed by atoms with E-state index < -0.39 is 12.1 Å². The second-order valence-electron chi connectivity index (χ2n) is 3.30. The maximum absolute atomic E-state index is 10.6. The number of carbonyl (C=O) groups is 1. The number of carboxylic acid groups (broad SMARTS) is 1. The second-order valence-corrected chi connectivity index (χ2v) is 3.30. The Kier molecular flexibility index (Phi) is 1.29. The Hall–Kier alpha value is -0.830. The summed E-state index contributed by atoms with van der Waals surface area (Å²) < 4.78 is 0. The molecule has 0 heterocycles. The van der Waals surface area contributed by atoms with Crippen LogP contribution in [0.3, 0.4) is 0 Å². The molecule has 3 heteroatoms. The minimum Gasteiger partial charge on any atom is -0.481 e. The van der Waals surface area contributed by atoms with Gasteiger partial charge in [0.1, 0.15) is 0 Å². The van der Waals surface area contributed by atoms with Gasteiger partial charge in [0, 0.05) is 11.8 Å². The molecule has 2 rings (SSSR count). The van der Waals surface area contributed by atoms with Gasteiger partial charge in [-0.15, -0.1) is 0 Å². The molecule has 60 valence electrons. The van der Waals surface area contributed by atoms with Crippen molar-refractivity contribution in [3.8, 4) is 0 Å². The topological polar surface area (TPSA) is 57.5 Å². The highest BCUT2D eigenvalue weighted by molar-refractivity contribution is 5.72. The summed E-state index contributed by atoms with van der Waals surface area (Å²) in [5.74, 6) is -1.15. The maximum Gasteiger partial charge on any atom is 0.307 e. The minimum atomic E-state index is -0.777. The summed E-state index contributed by atoms with van der Waals surface area (Å²) in [5, 5.41) is 18.1. The average molecular weight is 154 g/mol. The van der Waals surface area contributed by atoms with Gasteiger partial charge < -0.3 is 10.2 Å². The van der Waals surface area contributed by atoms with Gasteiger partial charge in [0.15, 0.2) is 0 Å². The number of hydrogen-bond acceptors (Lipinski definition) is 2. The van der Waals surface area contributed by atoms with Gasteiger partial charge in [-0.3, -0.25) is 4.79 Å². The lowest BCUT2D eigenvalue weighted by molar-refractivity contribution is -0.142. The van der Waals surface area contributed by atoms with Crippen molar-refractivity contribution in [1.82, 2.24) is 0 Å². The van der Waals surface area contributed by atoms with Crippen LogP contribution < -0.4 is 0 Å². The Bertz CT molecular complexity index is 221. The fourth-order valence-corrected chi connectivity index (χ4v) is 2.09. The van der Waals surface area contributed by atoms with Gasteiger partial charge in [-0.05, 0) is 6.42 Å². The molecule has 11 heavy (non-hydrogen) atoms. The fourth-order valence-electron chi connectivity index (χ4n) is 2.09. The molecule has 3 nitrogen and oxygen atoms in total. The zero-order valence-corrected chi connectivity index (χ0v) is 5.97. The molecular formula is C8H10O3. The van der Waals surface area contributed by atoms with Crippen molar-refractivity contribution >= 4 is 5.97 Å². The van der Waals surface area contributed by atoms with Crippen LogP contribution in [0, 0.1) is 17.8 Å². The van der Waals surface area contributed by atoms with Gasteiger partial charge in [0.2, 0.25) is 0 Å². The molecule has 2 N–H and O–H groups in total. The van der Waals surface area contributed by atoms with Crippen molar-refractivity contribution in [3.63, 3.8) is 0 Å². The Labute approximate surface area is 64.3 Å². The summed E-state index contributed by atoms with van der Waals surface area (Å²) in [6.07, 6.45) is 3.93. The van der Waals surface area contributed by atoms with Crippen LogP contribution in [-0.4, -0.2) is 22.3 Å². The van der Waals surface area contributed by atoms with Crippen LogP contribution in [-0.2, 0) is 4.79 Å². The van der Waals surface area contributed by atoms with Crippen LogP contribution in [0.25, 0.3) is 0 Å². The van der Waals surface area contributed by atoms with Crippen molar-refractivity contribution in [2.75, 3.05) is 0 Å². The first kappa shape index (κ1) is 6.85. The van der Waals surface area contributed by atoms with Gasteiger partial charge in [0.05, 0.1) is 12.0 Å². The first-order chi connectivity index (χ1) is 5.20. The van der Waals surface area contributed by atoms with E-state index in [-0.39, 0.29) is 17.8 Å². The highest BCUT2D eigenvalue weighted by Crippen LogP contribution is 2.43. The molecule has 4 atom stereocenters. The summed E-state index contributed by atoms with van der Waals surface area (Å²) in [6, 6.07) is 0. The van der Waals surface area contributed by atoms with Crippen LogP contribution >= 0.6 is 0 Å². The van der Waals surface area contributed by atoms with Crippen LogP contribution in [0.2, 0.25) is 0 Å². The zero-order valence-electron chi connectivity index (χ0n) is 5.97. The number of rotatable bonds is 1. The van der Waals surface area contributed by atoms with E-state index in [0.29, 0.717) is 6.42 Å². The normalized spacial score (nSPS) is 46.6. The van der Waals surface area contributed by atoms with Gasteiger partial charge in [-0.2, -0.15) is 0 Å². The average Bonchev–Trinajstić information content (AvgIpc) is 2.46. The zero-order chi connectivity index (χ0) is 8.01. The summed E-state index contributed by atoms with van der Waals surface area (Å²) in [6.45, 7) is 0. The molecule has 2 aliphatic rings. The SMILES string of the molecule is O=C(O)C1CC2C=CC1C2O. The Morgan fingerprint density at radius 1 is 1.45 bits per heavy atom. The van der Waals surface area contributed by atoms with E-state index >= 15 is 0 Å². The molecule has 0 spiro atoms. The lowest BCUT2D eigenvalue weighted by Gasteiger charge is -2.12. The van der Waals surface area contributed by atoms with Crippen molar-refractivity contribution in [1.29, 1.82) is 0 Å². The van der Waals surface area contributed by atoms with E-state index in [4.69, 9.17) is 5.11 Å². The highest BCUT2D eigenvalue weighted by atomic mass is 16.4. The number of hydrogen-bond donors (Lipinski definition) is 2. The molecule has 1 fully saturated rings. The summed E-state index contributed by atoms with van der Waals surface area (Å²) in [7, 11) is 0. The summed E-state index contributed by atoms with van der Waals surface area (Å²) in [5.41, 5.74) is 0. The van der Waals surface area contributed by atoms with Crippen molar-refractivity contribution in [2.45, 2.75) is 12.5 Å². The molecule has 0 aromatic heterocycles. The first-order valence-corrected chi connectivity index (χ1v) is 3.79.